The number of para-hydroxylation sites is 1. The van der Waals surface area contributed by atoms with Crippen molar-refractivity contribution >= 4 is 16.9 Å². The fourth-order valence-corrected chi connectivity index (χ4v) is 5.85. The Morgan fingerprint density at radius 1 is 1.12 bits per heavy atom. The average Bonchev–Trinajstić information content (AvgIpc) is 3.29. The minimum Gasteiger partial charge on any atom is -0.460 e. The van der Waals surface area contributed by atoms with Gasteiger partial charge in [-0.15, -0.1) is 0 Å². The number of ether oxygens (including phenoxy) is 1. The Hall–Kier alpha value is -3.15. The molecule has 1 fully saturated rings. The maximum Gasteiger partial charge on any atom is 0.309 e. The molecule has 0 amide bonds. The molecule has 220 valence electrons. The molecule has 0 radical (unpaired) electrons. The number of carbonyl (C=O) groups excluding carboxylic acids is 1. The van der Waals surface area contributed by atoms with Crippen molar-refractivity contribution in [3.63, 3.8) is 0 Å². The van der Waals surface area contributed by atoms with E-state index in [2.05, 4.69) is 28.4 Å². The smallest absolute Gasteiger partial charge is 0.309 e. The lowest BCUT2D eigenvalue weighted by molar-refractivity contribution is -0.161. The van der Waals surface area contributed by atoms with Crippen LogP contribution in [0, 0.1) is 0 Å². The minimum absolute atomic E-state index is 0.0798. The Labute approximate surface area is 240 Å². The Balaban J connectivity index is 1.59. The number of aromatic nitrogens is 2. The highest BCUT2D eigenvalue weighted by Gasteiger charge is 2.38. The highest BCUT2D eigenvalue weighted by atomic mass is 16.6. The number of aliphatic hydroxyl groups is 2. The molecule has 4 heterocycles. The summed E-state index contributed by atoms with van der Waals surface area (Å²) in [6.07, 6.45) is -0.185. The molecule has 0 saturated carbocycles. The monoisotopic (exact) mass is 563 g/mol. The van der Waals surface area contributed by atoms with E-state index in [1.54, 1.807) is 38.3 Å². The topological polar surface area (TPSA) is 120 Å². The van der Waals surface area contributed by atoms with Crippen LogP contribution in [-0.4, -0.2) is 74.5 Å². The molecule has 10 heteroatoms. The molecule has 1 saturated heterocycles. The van der Waals surface area contributed by atoms with Crippen molar-refractivity contribution in [1.82, 2.24) is 24.9 Å². The predicted molar refractivity (Wildman–Crippen MR) is 157 cm³/mol. The molecular weight excluding hydrogens is 522 g/mol. The second-order valence-electron chi connectivity index (χ2n) is 12.2. The van der Waals surface area contributed by atoms with Gasteiger partial charge >= 0.3 is 5.97 Å². The van der Waals surface area contributed by atoms with Gasteiger partial charge in [0, 0.05) is 49.2 Å². The van der Waals surface area contributed by atoms with E-state index in [1.165, 1.54) is 0 Å². The van der Waals surface area contributed by atoms with Crippen LogP contribution in [0.2, 0.25) is 0 Å². The molecule has 3 aromatic rings. The first-order valence-electron chi connectivity index (χ1n) is 14.3. The number of esters is 1. The Kier molecular flexibility index (Phi) is 8.06. The standard InChI is InChI=1S/C31H41N5O5/c1-6-31(40,16-27(38)41-30(2,3)4)24-15-26-28-22(18-36(26)29(39)23(24)19-37)21(20-9-7-8-10-25(20)33-28)17-32-35-13-11-34(5)12-14-35/h7-10,15,32,37,40H,6,11-14,16-19H2,1-5H3. The van der Waals surface area contributed by atoms with E-state index in [0.717, 1.165) is 48.2 Å². The van der Waals surface area contributed by atoms with E-state index in [1.807, 2.05) is 18.2 Å². The first-order chi connectivity index (χ1) is 19.4. The molecular formula is C31H41N5O5. The molecule has 2 aliphatic rings. The van der Waals surface area contributed by atoms with E-state index >= 15 is 0 Å². The van der Waals surface area contributed by atoms with E-state index in [9.17, 15) is 19.8 Å². The summed E-state index contributed by atoms with van der Waals surface area (Å²) in [7, 11) is 2.12. The van der Waals surface area contributed by atoms with Gasteiger partial charge in [-0.25, -0.2) is 9.99 Å². The number of hydrogen-bond donors (Lipinski definition) is 3. The molecule has 41 heavy (non-hydrogen) atoms. The lowest BCUT2D eigenvalue weighted by Crippen LogP contribution is -2.50. The van der Waals surface area contributed by atoms with Gasteiger partial charge in [-0.05, 0) is 57.5 Å². The summed E-state index contributed by atoms with van der Waals surface area (Å²) >= 11 is 0. The number of benzene rings is 1. The normalized spacial score (nSPS) is 17.3. The van der Waals surface area contributed by atoms with Crippen LogP contribution >= 0.6 is 0 Å². The maximum atomic E-state index is 13.8. The Morgan fingerprint density at radius 3 is 2.49 bits per heavy atom. The zero-order valence-corrected chi connectivity index (χ0v) is 24.7. The molecule has 2 aliphatic heterocycles. The number of fused-ring (bicyclic) bond motifs is 4. The summed E-state index contributed by atoms with van der Waals surface area (Å²) < 4.78 is 7.10. The fourth-order valence-electron chi connectivity index (χ4n) is 5.85. The number of hydrogen-bond acceptors (Lipinski definition) is 9. The highest BCUT2D eigenvalue weighted by Crippen LogP contribution is 2.39. The van der Waals surface area contributed by atoms with Gasteiger partial charge in [-0.2, -0.15) is 0 Å². The zero-order valence-electron chi connectivity index (χ0n) is 24.7. The van der Waals surface area contributed by atoms with Crippen molar-refractivity contribution in [2.45, 2.75) is 71.4 Å². The van der Waals surface area contributed by atoms with Gasteiger partial charge in [0.2, 0.25) is 0 Å². The minimum atomic E-state index is -1.69. The van der Waals surface area contributed by atoms with Crippen LogP contribution in [0.1, 0.15) is 62.8 Å². The zero-order chi connectivity index (χ0) is 29.5. The Bertz CT molecular complexity index is 1520. The van der Waals surface area contributed by atoms with Crippen molar-refractivity contribution < 1.29 is 19.7 Å². The first-order valence-corrected chi connectivity index (χ1v) is 14.3. The molecule has 3 N–H and O–H groups in total. The Morgan fingerprint density at radius 2 is 1.83 bits per heavy atom. The number of pyridine rings is 2. The summed E-state index contributed by atoms with van der Waals surface area (Å²) in [6, 6.07) is 9.68. The van der Waals surface area contributed by atoms with Crippen molar-refractivity contribution in [2.75, 3.05) is 33.2 Å². The van der Waals surface area contributed by atoms with Crippen LogP contribution in [0.5, 0.6) is 0 Å². The summed E-state index contributed by atoms with van der Waals surface area (Å²) in [6.45, 7) is 11.2. The van der Waals surface area contributed by atoms with Gasteiger partial charge in [-0.1, -0.05) is 25.1 Å². The quantitative estimate of drug-likeness (QED) is 0.278. The van der Waals surface area contributed by atoms with Crippen LogP contribution in [0.4, 0.5) is 0 Å². The second-order valence-corrected chi connectivity index (χ2v) is 12.2. The van der Waals surface area contributed by atoms with E-state index in [-0.39, 0.29) is 24.0 Å². The van der Waals surface area contributed by atoms with E-state index in [4.69, 9.17) is 9.72 Å². The molecule has 2 aromatic heterocycles. The lowest BCUT2D eigenvalue weighted by Gasteiger charge is -2.33. The molecule has 0 aliphatic carbocycles. The molecule has 5 rings (SSSR count). The molecule has 0 bridgehead atoms. The number of rotatable bonds is 8. The van der Waals surface area contributed by atoms with E-state index < -0.39 is 29.3 Å². The average molecular weight is 564 g/mol. The van der Waals surface area contributed by atoms with Gasteiger partial charge in [0.1, 0.15) is 11.2 Å². The number of piperazine rings is 1. The number of carbonyl (C=O) groups is 1. The number of likely N-dealkylation sites (N-methyl/N-ethyl adjacent to an activating group) is 1. The van der Waals surface area contributed by atoms with Crippen molar-refractivity contribution in [1.29, 1.82) is 0 Å². The van der Waals surface area contributed by atoms with Gasteiger partial charge in [0.15, 0.2) is 0 Å². The third kappa shape index (κ3) is 5.80. The number of nitrogens with zero attached hydrogens (tertiary/aromatic N) is 4. The molecule has 0 spiro atoms. The molecule has 1 unspecified atom stereocenters. The van der Waals surface area contributed by atoms with Gasteiger partial charge in [0.05, 0.1) is 36.5 Å². The maximum absolute atomic E-state index is 13.8. The molecule has 1 aromatic carbocycles. The van der Waals surface area contributed by atoms with Crippen LogP contribution in [0.15, 0.2) is 35.1 Å². The third-order valence-electron chi connectivity index (χ3n) is 8.15. The number of hydrazine groups is 1. The fraction of sp³-hybridized carbons (Fsp3) is 0.516. The van der Waals surface area contributed by atoms with Crippen LogP contribution in [-0.2, 0) is 34.8 Å². The number of aliphatic hydroxyl groups excluding tert-OH is 1. The third-order valence-corrected chi connectivity index (χ3v) is 8.15. The van der Waals surface area contributed by atoms with Crippen molar-refractivity contribution in [3.8, 4) is 11.4 Å². The van der Waals surface area contributed by atoms with Crippen molar-refractivity contribution in [2.24, 2.45) is 0 Å². The van der Waals surface area contributed by atoms with Gasteiger partial charge in [-0.3, -0.25) is 15.0 Å². The SMILES string of the molecule is CCC(O)(CC(=O)OC(C)(C)C)c1cc2n(c(=O)c1CO)Cc1c-2nc2ccccc2c1CNN1CCN(C)CC1. The van der Waals surface area contributed by atoms with Crippen LogP contribution in [0.3, 0.4) is 0 Å². The summed E-state index contributed by atoms with van der Waals surface area (Å²) in [5.41, 5.74) is 5.17. The van der Waals surface area contributed by atoms with Gasteiger partial charge < -0.3 is 24.4 Å². The van der Waals surface area contributed by atoms with E-state index in [0.29, 0.717) is 24.5 Å². The summed E-state index contributed by atoms with van der Waals surface area (Å²) in [5, 5.41) is 25.3. The highest BCUT2D eigenvalue weighted by molar-refractivity contribution is 5.88. The molecule has 1 atom stereocenters. The van der Waals surface area contributed by atoms with Crippen LogP contribution in [0.25, 0.3) is 22.3 Å². The molecule has 10 nitrogen and oxygen atoms in total. The second kappa shape index (κ2) is 11.3. The predicted octanol–water partition coefficient (Wildman–Crippen LogP) is 2.50. The summed E-state index contributed by atoms with van der Waals surface area (Å²) in [5.74, 6) is -0.576. The largest absolute Gasteiger partial charge is 0.460 e. The number of nitrogens with one attached hydrogen (secondary N) is 1. The van der Waals surface area contributed by atoms with Gasteiger partial charge in [0.25, 0.3) is 5.56 Å². The van der Waals surface area contributed by atoms with Crippen LogP contribution < -0.4 is 11.0 Å². The summed E-state index contributed by atoms with van der Waals surface area (Å²) in [4.78, 5) is 33.9. The van der Waals surface area contributed by atoms with Crippen molar-refractivity contribution in [3.05, 3.63) is 62.9 Å². The lowest BCUT2D eigenvalue weighted by atomic mass is 9.84. The first kappa shape index (κ1) is 29.3.